The second-order valence-corrected chi connectivity index (χ2v) is 6.58. The summed E-state index contributed by atoms with van der Waals surface area (Å²) in [5, 5.41) is 2.79. The van der Waals surface area contributed by atoms with Crippen molar-refractivity contribution < 1.29 is 28.5 Å². The van der Waals surface area contributed by atoms with E-state index in [1.165, 1.54) is 6.08 Å². The molecule has 1 N–H and O–H groups in total. The molecule has 0 aliphatic carbocycles. The summed E-state index contributed by atoms with van der Waals surface area (Å²) in [6.45, 7) is 0. The maximum atomic E-state index is 12.4. The SMILES string of the molecule is COc1ccc(NC(=O)c2ccc(OC(=O)/C=C/c3ccc(OC)c(OC)c3)cc2)cc1. The van der Waals surface area contributed by atoms with Gasteiger partial charge in [-0.1, -0.05) is 6.07 Å². The van der Waals surface area contributed by atoms with Crippen molar-refractivity contribution in [2.45, 2.75) is 0 Å². The number of benzene rings is 3. The minimum atomic E-state index is -0.546. The van der Waals surface area contributed by atoms with Crippen molar-refractivity contribution in [2.75, 3.05) is 26.6 Å². The number of anilines is 1. The van der Waals surface area contributed by atoms with Crippen LogP contribution in [0.3, 0.4) is 0 Å². The summed E-state index contributed by atoms with van der Waals surface area (Å²) in [5.74, 6) is 1.37. The van der Waals surface area contributed by atoms with Crippen LogP contribution in [0.25, 0.3) is 6.08 Å². The first-order valence-electron chi connectivity index (χ1n) is 9.70. The third kappa shape index (κ3) is 5.89. The highest BCUT2D eigenvalue weighted by Gasteiger charge is 2.08. The molecular weight excluding hydrogens is 410 g/mol. The molecule has 0 unspecified atom stereocenters. The zero-order chi connectivity index (χ0) is 22.9. The molecule has 0 bridgehead atoms. The quantitative estimate of drug-likeness (QED) is 0.318. The maximum Gasteiger partial charge on any atom is 0.336 e. The zero-order valence-corrected chi connectivity index (χ0v) is 18.0. The highest BCUT2D eigenvalue weighted by Crippen LogP contribution is 2.28. The number of esters is 1. The van der Waals surface area contributed by atoms with Crippen LogP contribution in [-0.2, 0) is 4.79 Å². The van der Waals surface area contributed by atoms with Crippen molar-refractivity contribution in [3.8, 4) is 23.0 Å². The average Bonchev–Trinajstić information content (AvgIpc) is 2.83. The van der Waals surface area contributed by atoms with Crippen LogP contribution < -0.4 is 24.3 Å². The Balaban J connectivity index is 1.58. The fraction of sp³-hybridized carbons (Fsp3) is 0.120. The molecule has 0 fully saturated rings. The number of hydrogen-bond acceptors (Lipinski definition) is 6. The first-order chi connectivity index (χ1) is 15.5. The van der Waals surface area contributed by atoms with Gasteiger partial charge in [0, 0.05) is 17.3 Å². The van der Waals surface area contributed by atoms with Gasteiger partial charge in [-0.05, 0) is 72.3 Å². The van der Waals surface area contributed by atoms with E-state index in [2.05, 4.69) is 5.32 Å². The molecule has 0 aromatic heterocycles. The van der Waals surface area contributed by atoms with Crippen molar-refractivity contribution in [1.29, 1.82) is 0 Å². The van der Waals surface area contributed by atoms with Crippen molar-refractivity contribution in [3.05, 3.63) is 83.9 Å². The van der Waals surface area contributed by atoms with Crippen LogP contribution >= 0.6 is 0 Å². The predicted octanol–water partition coefficient (Wildman–Crippen LogP) is 4.58. The third-order valence-electron chi connectivity index (χ3n) is 4.50. The minimum Gasteiger partial charge on any atom is -0.497 e. The Morgan fingerprint density at radius 2 is 1.41 bits per heavy atom. The predicted molar refractivity (Wildman–Crippen MR) is 122 cm³/mol. The standard InChI is InChI=1S/C25H23NO6/c1-29-20-12-8-19(9-13-20)26-25(28)18-6-10-21(11-7-18)32-24(27)15-5-17-4-14-22(30-2)23(16-17)31-3/h4-16H,1-3H3,(H,26,28)/b15-5+. The van der Waals surface area contributed by atoms with Gasteiger partial charge in [-0.25, -0.2) is 4.79 Å². The fourth-order valence-corrected chi connectivity index (χ4v) is 2.82. The van der Waals surface area contributed by atoms with Gasteiger partial charge < -0.3 is 24.3 Å². The number of amides is 1. The molecule has 3 aromatic rings. The molecule has 3 aromatic carbocycles. The van der Waals surface area contributed by atoms with Crippen LogP contribution in [0.5, 0.6) is 23.0 Å². The number of carbonyl (C=O) groups is 2. The van der Waals surface area contributed by atoms with E-state index in [0.29, 0.717) is 34.2 Å². The highest BCUT2D eigenvalue weighted by atomic mass is 16.5. The van der Waals surface area contributed by atoms with E-state index in [1.807, 2.05) is 0 Å². The van der Waals surface area contributed by atoms with E-state index in [1.54, 1.807) is 94.1 Å². The normalized spacial score (nSPS) is 10.5. The van der Waals surface area contributed by atoms with E-state index in [4.69, 9.17) is 18.9 Å². The second kappa shape index (κ2) is 10.7. The molecule has 0 saturated carbocycles. The van der Waals surface area contributed by atoms with Crippen LogP contribution in [0.4, 0.5) is 5.69 Å². The molecule has 7 nitrogen and oxygen atoms in total. The largest absolute Gasteiger partial charge is 0.497 e. The summed E-state index contributed by atoms with van der Waals surface area (Å²) in [4.78, 5) is 24.5. The van der Waals surface area contributed by atoms with E-state index in [-0.39, 0.29) is 5.91 Å². The Hall–Kier alpha value is -4.26. The third-order valence-corrected chi connectivity index (χ3v) is 4.50. The van der Waals surface area contributed by atoms with Crippen LogP contribution in [-0.4, -0.2) is 33.2 Å². The summed E-state index contributed by atoms with van der Waals surface area (Å²) < 4.78 is 20.8. The molecule has 0 saturated heterocycles. The maximum absolute atomic E-state index is 12.4. The topological polar surface area (TPSA) is 83.1 Å². The van der Waals surface area contributed by atoms with Crippen molar-refractivity contribution in [3.63, 3.8) is 0 Å². The van der Waals surface area contributed by atoms with Gasteiger partial charge in [0.15, 0.2) is 11.5 Å². The second-order valence-electron chi connectivity index (χ2n) is 6.58. The van der Waals surface area contributed by atoms with Gasteiger partial charge in [0.05, 0.1) is 21.3 Å². The first kappa shape index (κ1) is 22.4. The number of methoxy groups -OCH3 is 3. The van der Waals surface area contributed by atoms with E-state index < -0.39 is 5.97 Å². The fourth-order valence-electron chi connectivity index (χ4n) is 2.82. The van der Waals surface area contributed by atoms with Crippen molar-refractivity contribution in [2.24, 2.45) is 0 Å². The molecule has 0 aliphatic heterocycles. The summed E-state index contributed by atoms with van der Waals surface area (Å²) in [6.07, 6.45) is 2.92. The van der Waals surface area contributed by atoms with E-state index >= 15 is 0 Å². The zero-order valence-electron chi connectivity index (χ0n) is 18.0. The van der Waals surface area contributed by atoms with Crippen LogP contribution in [0.1, 0.15) is 15.9 Å². The molecule has 32 heavy (non-hydrogen) atoms. The number of hydrogen-bond donors (Lipinski definition) is 1. The smallest absolute Gasteiger partial charge is 0.336 e. The average molecular weight is 433 g/mol. The monoisotopic (exact) mass is 433 g/mol. The molecule has 0 atom stereocenters. The Morgan fingerprint density at radius 1 is 0.750 bits per heavy atom. The summed E-state index contributed by atoms with van der Waals surface area (Å²) in [5.41, 5.74) is 1.83. The number of nitrogens with one attached hydrogen (secondary N) is 1. The molecule has 1 amide bonds. The Kier molecular flexibility index (Phi) is 7.48. The summed E-state index contributed by atoms with van der Waals surface area (Å²) in [7, 11) is 4.67. The molecule has 0 radical (unpaired) electrons. The highest BCUT2D eigenvalue weighted by molar-refractivity contribution is 6.04. The van der Waals surface area contributed by atoms with Gasteiger partial charge in [-0.2, -0.15) is 0 Å². The molecule has 0 aliphatic rings. The van der Waals surface area contributed by atoms with Crippen LogP contribution in [0.15, 0.2) is 72.8 Å². The van der Waals surface area contributed by atoms with Gasteiger partial charge in [0.1, 0.15) is 11.5 Å². The van der Waals surface area contributed by atoms with Crippen molar-refractivity contribution >= 4 is 23.6 Å². The Bertz CT molecular complexity index is 1100. The van der Waals surface area contributed by atoms with Gasteiger partial charge >= 0.3 is 5.97 Å². The molecular formula is C25H23NO6. The lowest BCUT2D eigenvalue weighted by atomic mass is 10.2. The molecule has 7 heteroatoms. The molecule has 164 valence electrons. The number of carbonyl (C=O) groups excluding carboxylic acids is 2. The van der Waals surface area contributed by atoms with E-state index in [9.17, 15) is 9.59 Å². The van der Waals surface area contributed by atoms with Crippen LogP contribution in [0.2, 0.25) is 0 Å². The van der Waals surface area contributed by atoms with E-state index in [0.717, 1.165) is 5.56 Å². The number of rotatable bonds is 8. The molecule has 0 heterocycles. The van der Waals surface area contributed by atoms with Gasteiger partial charge in [-0.3, -0.25) is 4.79 Å². The molecule has 0 spiro atoms. The lowest BCUT2D eigenvalue weighted by molar-refractivity contribution is -0.128. The first-order valence-corrected chi connectivity index (χ1v) is 9.70. The lowest BCUT2D eigenvalue weighted by Gasteiger charge is -2.08. The summed E-state index contributed by atoms with van der Waals surface area (Å²) >= 11 is 0. The lowest BCUT2D eigenvalue weighted by Crippen LogP contribution is -2.12. The summed E-state index contributed by atoms with van der Waals surface area (Å²) in [6, 6.07) is 18.6. The minimum absolute atomic E-state index is 0.276. The van der Waals surface area contributed by atoms with Crippen LogP contribution in [0, 0.1) is 0 Å². The van der Waals surface area contributed by atoms with Gasteiger partial charge in [0.25, 0.3) is 5.91 Å². The Morgan fingerprint density at radius 3 is 2.03 bits per heavy atom. The van der Waals surface area contributed by atoms with Gasteiger partial charge in [-0.15, -0.1) is 0 Å². The van der Waals surface area contributed by atoms with Gasteiger partial charge in [0.2, 0.25) is 0 Å². The molecule has 3 rings (SSSR count). The van der Waals surface area contributed by atoms with Crippen molar-refractivity contribution in [1.82, 2.24) is 0 Å². The Labute approximate surface area is 186 Å². The number of ether oxygens (including phenoxy) is 4.